The molecule has 1 fully saturated rings. The van der Waals surface area contributed by atoms with Crippen LogP contribution in [0.1, 0.15) is 21.6 Å². The summed E-state index contributed by atoms with van der Waals surface area (Å²) >= 11 is 0. The fraction of sp³-hybridized carbons (Fsp3) is 0.389. The summed E-state index contributed by atoms with van der Waals surface area (Å²) in [6, 6.07) is 7.77. The fourth-order valence-corrected chi connectivity index (χ4v) is 2.95. The summed E-state index contributed by atoms with van der Waals surface area (Å²) in [5.41, 5.74) is 2.13. The Kier molecular flexibility index (Phi) is 5.00. The lowest BCUT2D eigenvalue weighted by Crippen LogP contribution is -2.49. The van der Waals surface area contributed by atoms with Gasteiger partial charge in [0.1, 0.15) is 17.6 Å². The van der Waals surface area contributed by atoms with Crippen LogP contribution in [0.25, 0.3) is 0 Å². The van der Waals surface area contributed by atoms with Crippen LogP contribution >= 0.6 is 0 Å². The molecule has 1 aliphatic rings. The lowest BCUT2D eigenvalue weighted by atomic mass is 10.2. The molecule has 2 aromatic heterocycles. The fourth-order valence-electron chi connectivity index (χ4n) is 2.95. The van der Waals surface area contributed by atoms with Crippen LogP contribution in [-0.2, 0) is 6.54 Å². The van der Waals surface area contributed by atoms with Gasteiger partial charge in [0, 0.05) is 45.1 Å². The highest BCUT2D eigenvalue weighted by Crippen LogP contribution is 2.16. The molecule has 1 N–H and O–H groups in total. The maximum absolute atomic E-state index is 12.5. The van der Waals surface area contributed by atoms with Gasteiger partial charge in [-0.05, 0) is 31.8 Å². The summed E-state index contributed by atoms with van der Waals surface area (Å²) in [4.78, 5) is 26.0. The molecule has 1 aliphatic heterocycles. The van der Waals surface area contributed by atoms with Gasteiger partial charge in [0.05, 0.1) is 5.56 Å². The van der Waals surface area contributed by atoms with Crippen molar-refractivity contribution in [2.24, 2.45) is 0 Å². The number of piperazine rings is 1. The quantitative estimate of drug-likeness (QED) is 0.909. The van der Waals surface area contributed by atoms with E-state index in [4.69, 9.17) is 5.26 Å². The predicted molar refractivity (Wildman–Crippen MR) is 95.3 cm³/mol. The van der Waals surface area contributed by atoms with Crippen LogP contribution < -0.4 is 4.90 Å². The molecule has 3 heterocycles. The van der Waals surface area contributed by atoms with Crippen LogP contribution in [-0.4, -0.2) is 65.9 Å². The predicted octanol–water partition coefficient (Wildman–Crippen LogP) is 1.31. The molecule has 130 valence electrons. The first kappa shape index (κ1) is 17.0. The van der Waals surface area contributed by atoms with E-state index >= 15 is 0 Å². The number of carbonyl (C=O) groups excluding carboxylic acids is 1. The van der Waals surface area contributed by atoms with E-state index in [1.54, 1.807) is 12.3 Å². The highest BCUT2D eigenvalue weighted by atomic mass is 16.2. The Balaban J connectivity index is 1.58. The van der Waals surface area contributed by atoms with Crippen molar-refractivity contribution >= 4 is 11.7 Å². The minimum Gasteiger partial charge on any atom is -0.356 e. The molecule has 0 saturated carbocycles. The van der Waals surface area contributed by atoms with Crippen molar-refractivity contribution in [2.75, 3.05) is 45.2 Å². The monoisotopic (exact) mass is 338 g/mol. The number of H-pyrrole nitrogens is 1. The average molecular weight is 338 g/mol. The van der Waals surface area contributed by atoms with Crippen LogP contribution in [0, 0.1) is 11.3 Å². The third kappa shape index (κ3) is 3.98. The number of carbonyl (C=O) groups is 1. The number of rotatable bonds is 4. The second-order valence-corrected chi connectivity index (χ2v) is 6.46. The van der Waals surface area contributed by atoms with Crippen LogP contribution in [0.4, 0.5) is 5.82 Å². The number of aromatic nitrogens is 2. The zero-order chi connectivity index (χ0) is 17.8. The molecule has 7 nitrogen and oxygen atoms in total. The molecule has 0 bridgehead atoms. The number of nitrogens with zero attached hydrogens (tertiary/aromatic N) is 5. The molecule has 0 aromatic carbocycles. The van der Waals surface area contributed by atoms with Crippen molar-refractivity contribution in [1.82, 2.24) is 19.8 Å². The van der Waals surface area contributed by atoms with Gasteiger partial charge in [-0.15, -0.1) is 0 Å². The maximum Gasteiger partial charge on any atom is 0.270 e. The Labute approximate surface area is 147 Å². The van der Waals surface area contributed by atoms with Gasteiger partial charge in [0.25, 0.3) is 5.91 Å². The number of nitrogens with one attached hydrogen (secondary N) is 1. The topological polar surface area (TPSA) is 79.3 Å². The van der Waals surface area contributed by atoms with E-state index in [9.17, 15) is 4.79 Å². The molecule has 2 aromatic rings. The van der Waals surface area contributed by atoms with Crippen molar-refractivity contribution in [1.29, 1.82) is 5.26 Å². The van der Waals surface area contributed by atoms with Gasteiger partial charge in [0.15, 0.2) is 0 Å². The van der Waals surface area contributed by atoms with Crippen LogP contribution in [0.3, 0.4) is 0 Å². The zero-order valence-corrected chi connectivity index (χ0v) is 14.6. The Morgan fingerprint density at radius 1 is 1.32 bits per heavy atom. The Bertz CT molecular complexity index is 766. The smallest absolute Gasteiger partial charge is 0.270 e. The Hall–Kier alpha value is -2.85. The Morgan fingerprint density at radius 3 is 2.64 bits per heavy atom. The second kappa shape index (κ2) is 7.36. The van der Waals surface area contributed by atoms with Gasteiger partial charge in [0.2, 0.25) is 0 Å². The maximum atomic E-state index is 12.5. The molecule has 1 saturated heterocycles. The molecule has 1 amide bonds. The number of anilines is 1. The van der Waals surface area contributed by atoms with E-state index in [0.717, 1.165) is 25.5 Å². The molecule has 25 heavy (non-hydrogen) atoms. The van der Waals surface area contributed by atoms with Crippen molar-refractivity contribution < 1.29 is 4.79 Å². The molecule has 0 spiro atoms. The van der Waals surface area contributed by atoms with Crippen molar-refractivity contribution in [3.63, 3.8) is 0 Å². The first-order chi connectivity index (χ1) is 12.1. The number of hydrogen-bond acceptors (Lipinski definition) is 5. The second-order valence-electron chi connectivity index (χ2n) is 6.46. The molecule has 3 rings (SSSR count). The molecular formula is C18H22N6O. The van der Waals surface area contributed by atoms with E-state index in [0.29, 0.717) is 24.3 Å². The van der Waals surface area contributed by atoms with E-state index in [2.05, 4.69) is 25.8 Å². The minimum atomic E-state index is -0.0598. The molecule has 7 heteroatoms. The SMILES string of the molecule is CN(C)Cc1ccc(N2CCN(C(=O)c3cc(C#N)c[nH]3)CC2)nc1. The largest absolute Gasteiger partial charge is 0.356 e. The van der Waals surface area contributed by atoms with Crippen LogP contribution in [0.2, 0.25) is 0 Å². The Morgan fingerprint density at radius 2 is 2.08 bits per heavy atom. The van der Waals surface area contributed by atoms with Crippen LogP contribution in [0.15, 0.2) is 30.6 Å². The zero-order valence-electron chi connectivity index (χ0n) is 14.6. The normalized spacial score (nSPS) is 14.6. The minimum absolute atomic E-state index is 0.0598. The van der Waals surface area contributed by atoms with E-state index in [1.165, 1.54) is 5.56 Å². The van der Waals surface area contributed by atoms with E-state index in [1.807, 2.05) is 37.3 Å². The third-order valence-corrected chi connectivity index (χ3v) is 4.24. The van der Waals surface area contributed by atoms with Gasteiger partial charge >= 0.3 is 0 Å². The summed E-state index contributed by atoms with van der Waals surface area (Å²) in [6.45, 7) is 3.65. The highest BCUT2D eigenvalue weighted by Gasteiger charge is 2.23. The molecule has 0 unspecified atom stereocenters. The van der Waals surface area contributed by atoms with Crippen molar-refractivity contribution in [3.05, 3.63) is 47.4 Å². The lowest BCUT2D eigenvalue weighted by Gasteiger charge is -2.35. The summed E-state index contributed by atoms with van der Waals surface area (Å²) in [5.74, 6) is 0.886. The van der Waals surface area contributed by atoms with Crippen molar-refractivity contribution in [2.45, 2.75) is 6.54 Å². The van der Waals surface area contributed by atoms with Gasteiger partial charge in [-0.3, -0.25) is 4.79 Å². The van der Waals surface area contributed by atoms with Crippen molar-refractivity contribution in [3.8, 4) is 6.07 Å². The van der Waals surface area contributed by atoms with E-state index in [-0.39, 0.29) is 5.91 Å². The number of nitriles is 1. The number of pyridine rings is 1. The summed E-state index contributed by atoms with van der Waals surface area (Å²) < 4.78 is 0. The van der Waals surface area contributed by atoms with Gasteiger partial charge in [-0.25, -0.2) is 4.98 Å². The lowest BCUT2D eigenvalue weighted by molar-refractivity contribution is 0.0741. The highest BCUT2D eigenvalue weighted by molar-refractivity contribution is 5.93. The molecule has 0 aliphatic carbocycles. The molecule has 0 atom stereocenters. The molecular weight excluding hydrogens is 316 g/mol. The van der Waals surface area contributed by atoms with Crippen LogP contribution in [0.5, 0.6) is 0 Å². The van der Waals surface area contributed by atoms with Gasteiger partial charge in [-0.2, -0.15) is 5.26 Å². The average Bonchev–Trinajstić information content (AvgIpc) is 3.11. The summed E-state index contributed by atoms with van der Waals surface area (Å²) in [7, 11) is 4.07. The van der Waals surface area contributed by atoms with Gasteiger partial charge < -0.3 is 19.7 Å². The third-order valence-electron chi connectivity index (χ3n) is 4.24. The number of hydrogen-bond donors (Lipinski definition) is 1. The standard InChI is InChI=1S/C18H22N6O/c1-22(2)13-14-3-4-17(21-11-14)23-5-7-24(8-6-23)18(25)16-9-15(10-19)12-20-16/h3-4,9,11-12,20H,5-8,13H2,1-2H3. The molecule has 0 radical (unpaired) electrons. The van der Waals surface area contributed by atoms with Gasteiger partial charge in [-0.1, -0.05) is 6.07 Å². The summed E-state index contributed by atoms with van der Waals surface area (Å²) in [5, 5.41) is 8.86. The first-order valence-electron chi connectivity index (χ1n) is 8.29. The number of amides is 1. The first-order valence-corrected chi connectivity index (χ1v) is 8.29. The van der Waals surface area contributed by atoms with E-state index < -0.39 is 0 Å². The summed E-state index contributed by atoms with van der Waals surface area (Å²) in [6.07, 6.45) is 3.47. The number of aromatic amines is 1.